The van der Waals surface area contributed by atoms with Crippen molar-refractivity contribution in [2.24, 2.45) is 0 Å². The van der Waals surface area contributed by atoms with Crippen LogP contribution in [0.15, 0.2) is 84.9 Å². The van der Waals surface area contributed by atoms with Crippen LogP contribution in [0, 0.1) is 0 Å². The maximum absolute atomic E-state index is 10.2. The van der Waals surface area contributed by atoms with E-state index in [9.17, 15) is 4.79 Å². The van der Waals surface area contributed by atoms with Gasteiger partial charge in [0.1, 0.15) is 5.75 Å². The molecule has 3 nitrogen and oxygen atoms in total. The third kappa shape index (κ3) is 4.71. The Kier molecular flexibility index (Phi) is 5.95. The minimum absolute atomic E-state index is 0.331. The number of carboxylic acids is 1. The number of hydrogen-bond acceptors (Lipinski definition) is 2. The summed E-state index contributed by atoms with van der Waals surface area (Å²) in [7, 11) is 1.70. The summed E-state index contributed by atoms with van der Waals surface area (Å²) in [5, 5.41) is 8.38. The highest BCUT2D eigenvalue weighted by Gasteiger charge is 2.02. The highest BCUT2D eigenvalue weighted by molar-refractivity contribution is 5.87. The number of carbonyl (C=O) groups is 1. The lowest BCUT2D eigenvalue weighted by atomic mass is 10.1. The van der Waals surface area contributed by atoms with Crippen molar-refractivity contribution in [1.82, 2.24) is 0 Å². The van der Waals surface area contributed by atoms with Gasteiger partial charge in [0.15, 0.2) is 0 Å². The van der Waals surface area contributed by atoms with Crippen LogP contribution in [0.5, 0.6) is 5.75 Å². The van der Waals surface area contributed by atoms with Crippen LogP contribution in [0.25, 0.3) is 11.1 Å². The summed E-state index contributed by atoms with van der Waals surface area (Å²) in [6, 6.07) is 26.6. The van der Waals surface area contributed by atoms with Crippen LogP contribution in [-0.4, -0.2) is 18.2 Å². The van der Waals surface area contributed by atoms with E-state index in [2.05, 4.69) is 18.2 Å². The van der Waals surface area contributed by atoms with Gasteiger partial charge in [0, 0.05) is 5.56 Å². The zero-order valence-corrected chi connectivity index (χ0v) is 12.8. The first kappa shape index (κ1) is 16.3. The Morgan fingerprint density at radius 3 is 1.83 bits per heavy atom. The van der Waals surface area contributed by atoms with E-state index in [0.29, 0.717) is 5.56 Å². The first-order chi connectivity index (χ1) is 11.2. The van der Waals surface area contributed by atoms with Gasteiger partial charge in [-0.05, 0) is 23.8 Å². The molecule has 0 heterocycles. The number of hydrogen-bond donors (Lipinski definition) is 1. The van der Waals surface area contributed by atoms with Gasteiger partial charge in [-0.2, -0.15) is 0 Å². The molecule has 0 amide bonds. The Labute approximate surface area is 135 Å². The molecule has 0 unspecified atom stereocenters. The summed E-state index contributed by atoms with van der Waals surface area (Å²) >= 11 is 0. The van der Waals surface area contributed by atoms with E-state index in [0.717, 1.165) is 11.3 Å². The summed E-state index contributed by atoms with van der Waals surface area (Å²) in [6.07, 6.45) is 0. The third-order valence-corrected chi connectivity index (χ3v) is 3.21. The van der Waals surface area contributed by atoms with Crippen LogP contribution in [0.1, 0.15) is 10.4 Å². The van der Waals surface area contributed by atoms with E-state index >= 15 is 0 Å². The molecule has 23 heavy (non-hydrogen) atoms. The van der Waals surface area contributed by atoms with Gasteiger partial charge in [0.05, 0.1) is 12.7 Å². The Morgan fingerprint density at radius 2 is 1.30 bits per heavy atom. The topological polar surface area (TPSA) is 46.5 Å². The fraction of sp³-hybridized carbons (Fsp3) is 0.0500. The second-order valence-corrected chi connectivity index (χ2v) is 4.74. The lowest BCUT2D eigenvalue weighted by Crippen LogP contribution is -1.93. The molecule has 0 aliphatic heterocycles. The molecule has 0 bridgehead atoms. The number of aromatic carboxylic acids is 1. The molecular weight excluding hydrogens is 288 g/mol. The lowest BCUT2D eigenvalue weighted by Gasteiger charge is -2.07. The molecule has 3 rings (SSSR count). The summed E-state index contributed by atoms with van der Waals surface area (Å²) < 4.78 is 5.30. The zero-order chi connectivity index (χ0) is 16.5. The second kappa shape index (κ2) is 8.39. The van der Waals surface area contributed by atoms with Crippen LogP contribution >= 0.6 is 0 Å². The summed E-state index contributed by atoms with van der Waals surface area (Å²) in [5.74, 6) is 0.0364. The monoisotopic (exact) mass is 306 g/mol. The van der Waals surface area contributed by atoms with Gasteiger partial charge in [-0.15, -0.1) is 0 Å². The number of ether oxygens (including phenoxy) is 1. The summed E-state index contributed by atoms with van der Waals surface area (Å²) in [5.41, 5.74) is 2.65. The molecule has 0 aromatic heterocycles. The highest BCUT2D eigenvalue weighted by atomic mass is 16.5. The quantitative estimate of drug-likeness (QED) is 0.759. The Balaban J connectivity index is 0.000000185. The van der Waals surface area contributed by atoms with Crippen molar-refractivity contribution in [3.63, 3.8) is 0 Å². The molecule has 3 heteroatoms. The van der Waals surface area contributed by atoms with Crippen molar-refractivity contribution >= 4 is 5.97 Å². The molecule has 116 valence electrons. The molecule has 0 saturated carbocycles. The molecule has 0 saturated heterocycles. The Morgan fingerprint density at radius 1 is 0.783 bits per heavy atom. The molecule has 0 atom stereocenters. The molecule has 0 radical (unpaired) electrons. The fourth-order valence-electron chi connectivity index (χ4n) is 2.08. The Hall–Kier alpha value is -3.07. The van der Waals surface area contributed by atoms with E-state index in [1.807, 2.05) is 36.4 Å². The number of methoxy groups -OCH3 is 1. The molecule has 0 fully saturated rings. The van der Waals surface area contributed by atoms with Gasteiger partial charge in [-0.3, -0.25) is 0 Å². The standard InChI is InChI=1S/C13H12O.C7H6O2/c1-14-13-10-6-5-9-12(13)11-7-3-2-4-8-11;8-7(9)6-4-2-1-3-5-6/h2-10H,1H3;1-5H,(H,8,9). The van der Waals surface area contributed by atoms with E-state index in [4.69, 9.17) is 9.84 Å². The maximum atomic E-state index is 10.2. The minimum Gasteiger partial charge on any atom is -0.496 e. The average Bonchev–Trinajstić information content (AvgIpc) is 2.63. The SMILES string of the molecule is COc1ccccc1-c1ccccc1.O=C(O)c1ccccc1. The molecule has 0 spiro atoms. The first-order valence-corrected chi connectivity index (χ1v) is 7.19. The van der Waals surface area contributed by atoms with E-state index in [1.165, 1.54) is 5.56 Å². The number of para-hydroxylation sites is 1. The van der Waals surface area contributed by atoms with Crippen molar-refractivity contribution in [3.8, 4) is 16.9 Å². The molecular formula is C20H18O3. The van der Waals surface area contributed by atoms with Gasteiger partial charge in [-0.25, -0.2) is 4.79 Å². The number of rotatable bonds is 3. The van der Waals surface area contributed by atoms with Crippen LogP contribution in [-0.2, 0) is 0 Å². The smallest absolute Gasteiger partial charge is 0.335 e. The van der Waals surface area contributed by atoms with E-state index in [-0.39, 0.29) is 0 Å². The van der Waals surface area contributed by atoms with Gasteiger partial charge in [0.2, 0.25) is 0 Å². The summed E-state index contributed by atoms with van der Waals surface area (Å²) in [4.78, 5) is 10.2. The minimum atomic E-state index is -0.879. The van der Waals surface area contributed by atoms with Crippen molar-refractivity contribution in [1.29, 1.82) is 0 Å². The van der Waals surface area contributed by atoms with Crippen molar-refractivity contribution in [2.75, 3.05) is 7.11 Å². The second-order valence-electron chi connectivity index (χ2n) is 4.74. The molecule has 0 aliphatic carbocycles. The van der Waals surface area contributed by atoms with Crippen molar-refractivity contribution in [2.45, 2.75) is 0 Å². The fourth-order valence-corrected chi connectivity index (χ4v) is 2.08. The molecule has 3 aromatic carbocycles. The predicted molar refractivity (Wildman–Crippen MR) is 91.8 cm³/mol. The van der Waals surface area contributed by atoms with Gasteiger partial charge >= 0.3 is 5.97 Å². The highest BCUT2D eigenvalue weighted by Crippen LogP contribution is 2.28. The summed E-state index contributed by atoms with van der Waals surface area (Å²) in [6.45, 7) is 0. The average molecular weight is 306 g/mol. The van der Waals surface area contributed by atoms with E-state index in [1.54, 1.807) is 37.4 Å². The molecule has 3 aromatic rings. The van der Waals surface area contributed by atoms with Crippen LogP contribution in [0.2, 0.25) is 0 Å². The zero-order valence-electron chi connectivity index (χ0n) is 12.8. The predicted octanol–water partition coefficient (Wildman–Crippen LogP) is 4.75. The number of carboxylic acid groups (broad SMARTS) is 1. The van der Waals surface area contributed by atoms with Crippen molar-refractivity contribution < 1.29 is 14.6 Å². The van der Waals surface area contributed by atoms with Crippen molar-refractivity contribution in [3.05, 3.63) is 90.5 Å². The largest absolute Gasteiger partial charge is 0.496 e. The van der Waals surface area contributed by atoms with E-state index < -0.39 is 5.97 Å². The molecule has 0 aliphatic rings. The van der Waals surface area contributed by atoms with Gasteiger partial charge < -0.3 is 9.84 Å². The van der Waals surface area contributed by atoms with Gasteiger partial charge in [0.25, 0.3) is 0 Å². The normalized spacial score (nSPS) is 9.43. The van der Waals surface area contributed by atoms with Crippen LogP contribution in [0.4, 0.5) is 0 Å². The van der Waals surface area contributed by atoms with Gasteiger partial charge in [-0.1, -0.05) is 66.7 Å². The molecule has 1 N–H and O–H groups in total. The third-order valence-electron chi connectivity index (χ3n) is 3.21. The lowest BCUT2D eigenvalue weighted by molar-refractivity contribution is 0.0697. The number of benzene rings is 3. The van der Waals surface area contributed by atoms with Crippen LogP contribution in [0.3, 0.4) is 0 Å². The van der Waals surface area contributed by atoms with Crippen LogP contribution < -0.4 is 4.74 Å². The first-order valence-electron chi connectivity index (χ1n) is 7.19. The Bertz CT molecular complexity index is 737. The maximum Gasteiger partial charge on any atom is 0.335 e.